The largest absolute Gasteiger partial charge is 0.478 e. The summed E-state index contributed by atoms with van der Waals surface area (Å²) in [5.41, 5.74) is 0.674. The number of benzene rings is 2. The summed E-state index contributed by atoms with van der Waals surface area (Å²) in [6.07, 6.45) is 0. The van der Waals surface area contributed by atoms with Crippen molar-refractivity contribution in [2.24, 2.45) is 0 Å². The lowest BCUT2D eigenvalue weighted by atomic mass is 10.0. The smallest absolute Gasteiger partial charge is 0.341 e. The van der Waals surface area contributed by atoms with Crippen LogP contribution in [0.2, 0.25) is 5.02 Å². The zero-order valence-corrected chi connectivity index (χ0v) is 12.4. The Morgan fingerprint density at radius 3 is 2.36 bits per heavy atom. The zero-order chi connectivity index (χ0) is 16.3. The fourth-order valence-corrected chi connectivity index (χ4v) is 2.14. The van der Waals surface area contributed by atoms with Crippen LogP contribution >= 0.6 is 11.6 Å². The predicted octanol–water partition coefficient (Wildman–Crippen LogP) is 4.02. The predicted molar refractivity (Wildman–Crippen MR) is 79.8 cm³/mol. The third kappa shape index (κ3) is 3.26. The summed E-state index contributed by atoms with van der Waals surface area (Å²) in [5, 5.41) is 9.14. The molecule has 4 nitrogen and oxygen atoms in total. The first-order valence-electron chi connectivity index (χ1n) is 6.44. The second-order valence-electron chi connectivity index (χ2n) is 4.41. The third-order valence-corrected chi connectivity index (χ3v) is 3.32. The molecule has 0 saturated heterocycles. The normalized spacial score (nSPS) is 10.3. The van der Waals surface area contributed by atoms with Gasteiger partial charge in [-0.2, -0.15) is 0 Å². The molecule has 2 aromatic carbocycles. The molecule has 2 rings (SSSR count). The number of aromatic carboxylic acids is 1. The van der Waals surface area contributed by atoms with E-state index in [-0.39, 0.29) is 22.8 Å². The summed E-state index contributed by atoms with van der Waals surface area (Å²) in [7, 11) is 0. The van der Waals surface area contributed by atoms with E-state index in [1.807, 2.05) is 0 Å². The van der Waals surface area contributed by atoms with E-state index in [0.29, 0.717) is 11.1 Å². The van der Waals surface area contributed by atoms with Crippen molar-refractivity contribution < 1.29 is 23.8 Å². The van der Waals surface area contributed by atoms with E-state index in [4.69, 9.17) is 21.4 Å². The quantitative estimate of drug-likeness (QED) is 0.863. The van der Waals surface area contributed by atoms with Gasteiger partial charge in [-0.3, -0.25) is 0 Å². The van der Waals surface area contributed by atoms with Crippen molar-refractivity contribution in [1.82, 2.24) is 0 Å². The fraction of sp³-hybridized carbons (Fsp3) is 0.125. The maximum atomic E-state index is 14.0. The molecule has 0 aromatic heterocycles. The lowest BCUT2D eigenvalue weighted by Crippen LogP contribution is -2.07. The van der Waals surface area contributed by atoms with Crippen LogP contribution in [0.1, 0.15) is 27.6 Å². The second-order valence-corrected chi connectivity index (χ2v) is 4.82. The minimum absolute atomic E-state index is 0.0750. The van der Waals surface area contributed by atoms with Crippen LogP contribution in [0.3, 0.4) is 0 Å². The molecule has 0 aliphatic carbocycles. The van der Waals surface area contributed by atoms with E-state index >= 15 is 0 Å². The number of hydrogen-bond acceptors (Lipinski definition) is 3. The fourth-order valence-electron chi connectivity index (χ4n) is 1.94. The molecule has 6 heteroatoms. The molecule has 0 atom stereocenters. The van der Waals surface area contributed by atoms with Crippen molar-refractivity contribution in [3.05, 3.63) is 58.4 Å². The lowest BCUT2D eigenvalue weighted by molar-refractivity contribution is 0.0520. The van der Waals surface area contributed by atoms with Crippen LogP contribution in [-0.2, 0) is 4.74 Å². The van der Waals surface area contributed by atoms with Crippen molar-refractivity contribution in [3.8, 4) is 11.1 Å². The maximum absolute atomic E-state index is 14.0. The Morgan fingerprint density at radius 1 is 1.14 bits per heavy atom. The van der Waals surface area contributed by atoms with Crippen molar-refractivity contribution in [1.29, 1.82) is 0 Å². The molecule has 0 aliphatic heterocycles. The van der Waals surface area contributed by atoms with Gasteiger partial charge in [-0.25, -0.2) is 14.0 Å². The van der Waals surface area contributed by atoms with Gasteiger partial charge in [-0.1, -0.05) is 23.7 Å². The molecule has 22 heavy (non-hydrogen) atoms. The van der Waals surface area contributed by atoms with Crippen LogP contribution in [0.4, 0.5) is 4.39 Å². The summed E-state index contributed by atoms with van der Waals surface area (Å²) in [5.74, 6) is -2.65. The van der Waals surface area contributed by atoms with Gasteiger partial charge in [-0.15, -0.1) is 0 Å². The van der Waals surface area contributed by atoms with Crippen LogP contribution in [0.25, 0.3) is 11.1 Å². The highest BCUT2D eigenvalue weighted by atomic mass is 35.5. The molecule has 0 bridgehead atoms. The van der Waals surface area contributed by atoms with Crippen molar-refractivity contribution >= 4 is 23.5 Å². The summed E-state index contributed by atoms with van der Waals surface area (Å²) in [6.45, 7) is 1.78. The monoisotopic (exact) mass is 322 g/mol. The summed E-state index contributed by atoms with van der Waals surface area (Å²) >= 11 is 5.80. The number of ether oxygens (including phenoxy) is 1. The van der Waals surface area contributed by atoms with E-state index in [1.165, 1.54) is 24.3 Å². The molecule has 0 unspecified atom stereocenters. The lowest BCUT2D eigenvalue weighted by Gasteiger charge is -2.08. The summed E-state index contributed by atoms with van der Waals surface area (Å²) in [4.78, 5) is 22.6. The number of hydrogen-bond donors (Lipinski definition) is 1. The van der Waals surface area contributed by atoms with Crippen LogP contribution in [0, 0.1) is 5.82 Å². The van der Waals surface area contributed by atoms with E-state index < -0.39 is 17.8 Å². The Kier molecular flexibility index (Phi) is 4.78. The molecule has 114 valence electrons. The Morgan fingerprint density at radius 2 is 1.77 bits per heavy atom. The number of esters is 1. The van der Waals surface area contributed by atoms with Gasteiger partial charge in [0.2, 0.25) is 0 Å². The average Bonchev–Trinajstić information content (AvgIpc) is 2.47. The van der Waals surface area contributed by atoms with Gasteiger partial charge in [-0.05, 0) is 42.3 Å². The summed E-state index contributed by atoms with van der Waals surface area (Å²) < 4.78 is 18.8. The van der Waals surface area contributed by atoms with Gasteiger partial charge in [0.15, 0.2) is 0 Å². The minimum atomic E-state index is -1.17. The molecular weight excluding hydrogens is 311 g/mol. The molecule has 0 amide bonds. The Labute approximate surface area is 131 Å². The SMILES string of the molecule is CCOC(=O)c1ccc(-c2ccc(Cl)c(C(=O)O)c2)cc1F. The number of carboxylic acids is 1. The number of halogens is 2. The molecule has 0 aliphatic rings. The molecular formula is C16H12ClFO4. The van der Waals surface area contributed by atoms with Crippen LogP contribution < -0.4 is 0 Å². The van der Waals surface area contributed by atoms with E-state index in [0.717, 1.165) is 6.07 Å². The van der Waals surface area contributed by atoms with E-state index in [9.17, 15) is 14.0 Å². The van der Waals surface area contributed by atoms with Crippen molar-refractivity contribution in [2.75, 3.05) is 6.61 Å². The van der Waals surface area contributed by atoms with Gasteiger partial charge in [0.1, 0.15) is 5.82 Å². The molecule has 0 fully saturated rings. The first-order chi connectivity index (χ1) is 10.4. The Balaban J connectivity index is 2.42. The molecule has 2 aromatic rings. The maximum Gasteiger partial charge on any atom is 0.341 e. The minimum Gasteiger partial charge on any atom is -0.478 e. The van der Waals surface area contributed by atoms with Gasteiger partial charge in [0.05, 0.1) is 22.8 Å². The van der Waals surface area contributed by atoms with Gasteiger partial charge in [0, 0.05) is 0 Å². The third-order valence-electron chi connectivity index (χ3n) is 2.99. The highest BCUT2D eigenvalue weighted by Crippen LogP contribution is 2.27. The molecule has 0 heterocycles. The number of carbonyl (C=O) groups is 2. The second kappa shape index (κ2) is 6.58. The van der Waals surface area contributed by atoms with Gasteiger partial charge < -0.3 is 9.84 Å². The molecule has 0 radical (unpaired) electrons. The highest BCUT2D eigenvalue weighted by molar-refractivity contribution is 6.33. The Bertz CT molecular complexity index is 743. The number of carbonyl (C=O) groups excluding carboxylic acids is 1. The summed E-state index contributed by atoms with van der Waals surface area (Å²) in [6, 6.07) is 8.33. The van der Waals surface area contributed by atoms with Crippen LogP contribution in [-0.4, -0.2) is 23.7 Å². The number of carboxylic acid groups (broad SMARTS) is 1. The highest BCUT2D eigenvalue weighted by Gasteiger charge is 2.15. The average molecular weight is 323 g/mol. The topological polar surface area (TPSA) is 63.6 Å². The molecule has 0 spiro atoms. The Hall–Kier alpha value is -2.40. The first-order valence-corrected chi connectivity index (χ1v) is 6.81. The molecule has 1 N–H and O–H groups in total. The van der Waals surface area contributed by atoms with Crippen molar-refractivity contribution in [3.63, 3.8) is 0 Å². The van der Waals surface area contributed by atoms with E-state index in [1.54, 1.807) is 13.0 Å². The zero-order valence-electron chi connectivity index (χ0n) is 11.6. The standard InChI is InChI=1S/C16H12ClFO4/c1-2-22-16(21)11-5-3-10(8-14(11)18)9-4-6-13(17)12(7-9)15(19)20/h3-8H,2H2,1H3,(H,19,20). The van der Waals surface area contributed by atoms with Crippen LogP contribution in [0.15, 0.2) is 36.4 Å². The van der Waals surface area contributed by atoms with Crippen LogP contribution in [0.5, 0.6) is 0 Å². The van der Waals surface area contributed by atoms with Gasteiger partial charge >= 0.3 is 11.9 Å². The van der Waals surface area contributed by atoms with Crippen molar-refractivity contribution in [2.45, 2.75) is 6.92 Å². The molecule has 0 saturated carbocycles. The number of rotatable bonds is 4. The van der Waals surface area contributed by atoms with E-state index in [2.05, 4.69) is 0 Å². The van der Waals surface area contributed by atoms with Gasteiger partial charge in [0.25, 0.3) is 0 Å². The first kappa shape index (κ1) is 16.0.